The Kier molecular flexibility index (Phi) is 16.4. The lowest BCUT2D eigenvalue weighted by Crippen LogP contribution is -2.57. The fourth-order valence-corrected chi connectivity index (χ4v) is 5.14. The average molecular weight is 645 g/mol. The van der Waals surface area contributed by atoms with Crippen molar-refractivity contribution in [1.29, 1.82) is 0 Å². The van der Waals surface area contributed by atoms with E-state index in [1.54, 1.807) is 29.6 Å². The highest BCUT2D eigenvalue weighted by atomic mass is 32.1. The van der Waals surface area contributed by atoms with E-state index in [1.165, 1.54) is 13.1 Å². The third kappa shape index (κ3) is 13.5. The van der Waals surface area contributed by atoms with Crippen LogP contribution in [0, 0.1) is 5.92 Å². The summed E-state index contributed by atoms with van der Waals surface area (Å²) in [7, 11) is 0. The van der Waals surface area contributed by atoms with Gasteiger partial charge in [0, 0.05) is 31.0 Å². The van der Waals surface area contributed by atoms with Crippen LogP contribution in [0.5, 0.6) is 0 Å². The van der Waals surface area contributed by atoms with Crippen molar-refractivity contribution in [3.8, 4) is 0 Å². The molecule has 3 amide bonds. The van der Waals surface area contributed by atoms with Gasteiger partial charge in [0.15, 0.2) is 11.0 Å². The molecule has 14 nitrogen and oxygen atoms in total. The minimum atomic E-state index is -1.12. The minimum absolute atomic E-state index is 0.0906. The maximum absolute atomic E-state index is 13.8. The van der Waals surface area contributed by atoms with Gasteiger partial charge >= 0.3 is 0 Å². The van der Waals surface area contributed by atoms with E-state index in [9.17, 15) is 29.1 Å². The molecule has 0 aliphatic carbocycles. The number of aliphatic imine (C=N–C) groups is 1. The summed E-state index contributed by atoms with van der Waals surface area (Å²) < 4.78 is 0. The summed E-state index contributed by atoms with van der Waals surface area (Å²) >= 11 is 1.14. The Morgan fingerprint density at radius 1 is 0.911 bits per heavy atom. The van der Waals surface area contributed by atoms with Crippen LogP contribution < -0.4 is 33.2 Å². The van der Waals surface area contributed by atoms with E-state index in [2.05, 4.69) is 25.9 Å². The number of aliphatic hydroxyl groups excluding tert-OH is 1. The summed E-state index contributed by atoms with van der Waals surface area (Å²) in [5.74, 6) is -3.68. The first kappa shape index (κ1) is 37.0. The van der Waals surface area contributed by atoms with Crippen molar-refractivity contribution in [3.05, 3.63) is 52.5 Å². The molecule has 1 aromatic heterocycles. The van der Waals surface area contributed by atoms with Crippen LogP contribution in [0.3, 0.4) is 0 Å². The van der Waals surface area contributed by atoms with Crippen molar-refractivity contribution in [2.75, 3.05) is 19.7 Å². The predicted molar refractivity (Wildman–Crippen MR) is 171 cm³/mol. The molecule has 2 rings (SSSR count). The van der Waals surface area contributed by atoms with Gasteiger partial charge in [-0.2, -0.15) is 0 Å². The molecule has 1 heterocycles. The number of thiazole rings is 1. The first-order valence-corrected chi connectivity index (χ1v) is 15.7. The molecule has 0 aliphatic rings. The van der Waals surface area contributed by atoms with E-state index in [-0.39, 0.29) is 54.8 Å². The lowest BCUT2D eigenvalue weighted by molar-refractivity contribution is -0.135. The highest BCUT2D eigenvalue weighted by Crippen LogP contribution is 2.13. The molecule has 0 saturated carbocycles. The fraction of sp³-hybridized carbons (Fsp3) is 0.500. The third-order valence-corrected chi connectivity index (χ3v) is 7.63. The number of aliphatic hydroxyl groups is 1. The van der Waals surface area contributed by atoms with Crippen molar-refractivity contribution in [2.45, 2.75) is 70.0 Å². The first-order chi connectivity index (χ1) is 21.5. The lowest BCUT2D eigenvalue weighted by atomic mass is 10.00. The van der Waals surface area contributed by atoms with Gasteiger partial charge in [-0.3, -0.25) is 24.2 Å². The number of carbonyl (C=O) groups is 5. The Bertz CT molecular complexity index is 1270. The van der Waals surface area contributed by atoms with Crippen molar-refractivity contribution < 1.29 is 29.1 Å². The van der Waals surface area contributed by atoms with Crippen LogP contribution in [-0.4, -0.2) is 83.2 Å². The van der Waals surface area contributed by atoms with Crippen LogP contribution in [0.2, 0.25) is 0 Å². The van der Waals surface area contributed by atoms with E-state index in [4.69, 9.17) is 17.2 Å². The van der Waals surface area contributed by atoms with E-state index in [0.29, 0.717) is 25.8 Å². The number of guanidine groups is 1. The van der Waals surface area contributed by atoms with Crippen LogP contribution in [0.25, 0.3) is 0 Å². The monoisotopic (exact) mass is 644 g/mol. The molecular formula is C30H44N8O6S. The molecule has 0 radical (unpaired) electrons. The summed E-state index contributed by atoms with van der Waals surface area (Å²) in [6.45, 7) is 1.36. The van der Waals surface area contributed by atoms with Crippen molar-refractivity contribution in [2.24, 2.45) is 28.1 Å². The number of hydrogen-bond donors (Lipinski definition) is 7. The summed E-state index contributed by atoms with van der Waals surface area (Å²) in [5.41, 5.74) is 17.2. The number of rotatable bonds is 21. The van der Waals surface area contributed by atoms with E-state index >= 15 is 0 Å². The van der Waals surface area contributed by atoms with Gasteiger partial charge in [-0.1, -0.05) is 30.3 Å². The number of hydrogen-bond acceptors (Lipinski definition) is 10. The highest BCUT2D eigenvalue weighted by molar-refractivity contribution is 7.11. The Balaban J connectivity index is 2.31. The number of nitrogens with zero attached hydrogens (tertiary/aromatic N) is 2. The van der Waals surface area contributed by atoms with Gasteiger partial charge in [0.05, 0.1) is 18.6 Å². The average Bonchev–Trinajstić information content (AvgIpc) is 3.55. The predicted octanol–water partition coefficient (Wildman–Crippen LogP) is -0.207. The van der Waals surface area contributed by atoms with Crippen LogP contribution in [0.4, 0.5) is 0 Å². The first-order valence-electron chi connectivity index (χ1n) is 14.8. The van der Waals surface area contributed by atoms with Gasteiger partial charge in [0.25, 0.3) is 0 Å². The van der Waals surface area contributed by atoms with Gasteiger partial charge in [-0.25, -0.2) is 4.98 Å². The molecule has 0 spiro atoms. The molecule has 45 heavy (non-hydrogen) atoms. The number of nitrogens with one attached hydrogen (secondary N) is 3. The third-order valence-electron chi connectivity index (χ3n) is 6.84. The SMILES string of the molecule is CC(=O)C[C@@H](CO)C(=O)N[C@@H](CCCCN)C(=O)N[C@@H](Cc1ccccc1)C(=O)N[C@@H](CCCN=C(N)N)C(=O)c1nccs1. The van der Waals surface area contributed by atoms with Crippen LogP contribution in [0.1, 0.15) is 60.8 Å². The molecule has 2 aromatic rings. The van der Waals surface area contributed by atoms with Gasteiger partial charge in [0.1, 0.15) is 17.9 Å². The number of benzene rings is 1. The molecule has 0 fully saturated rings. The standard InChI is InChI=1S/C30H44N8O6S/c1-19(40)16-21(18-39)26(42)37-23(10-5-6-12-31)27(43)38-24(17-20-8-3-2-4-9-20)28(44)36-22(11-7-13-35-30(32)33)25(41)29-34-14-15-45-29/h2-4,8-9,14-15,21-24,39H,5-7,10-13,16-18,31H2,1H3,(H,36,44)(H,37,42)(H,38,43)(H4,32,33,35)/t21-,22-,23-,24-/m0/s1. The van der Waals surface area contributed by atoms with Crippen molar-refractivity contribution in [1.82, 2.24) is 20.9 Å². The topological polar surface area (TPSA) is 245 Å². The quantitative estimate of drug-likeness (QED) is 0.0408. The van der Waals surface area contributed by atoms with Crippen molar-refractivity contribution in [3.63, 3.8) is 0 Å². The number of ketones is 2. The zero-order chi connectivity index (χ0) is 33.2. The lowest BCUT2D eigenvalue weighted by Gasteiger charge is -2.26. The molecular weight excluding hydrogens is 600 g/mol. The summed E-state index contributed by atoms with van der Waals surface area (Å²) in [6, 6.07) is 5.85. The number of aromatic nitrogens is 1. The molecule has 1 aromatic carbocycles. The number of unbranched alkanes of at least 4 members (excludes halogenated alkanes) is 1. The zero-order valence-corrected chi connectivity index (χ0v) is 26.3. The molecule has 0 unspecified atom stereocenters. The number of nitrogens with two attached hydrogens (primary N) is 3. The number of amides is 3. The number of carbonyl (C=O) groups excluding carboxylic acids is 5. The maximum atomic E-state index is 13.8. The second-order valence-corrected chi connectivity index (χ2v) is 11.5. The van der Waals surface area contributed by atoms with E-state index < -0.39 is 48.4 Å². The van der Waals surface area contributed by atoms with Crippen LogP contribution in [-0.2, 0) is 25.6 Å². The molecule has 15 heteroatoms. The Hall–Kier alpha value is -4.21. The van der Waals surface area contributed by atoms with Gasteiger partial charge in [0.2, 0.25) is 23.5 Å². The summed E-state index contributed by atoms with van der Waals surface area (Å²) in [4.78, 5) is 73.1. The number of Topliss-reactive ketones (excluding diaryl/α,β-unsaturated/α-hetero) is 2. The molecule has 4 atom stereocenters. The van der Waals surface area contributed by atoms with Gasteiger partial charge in [-0.05, 0) is 51.1 Å². The zero-order valence-electron chi connectivity index (χ0n) is 25.4. The van der Waals surface area contributed by atoms with E-state index in [1.807, 2.05) is 6.07 Å². The molecule has 10 N–H and O–H groups in total. The van der Waals surface area contributed by atoms with Crippen LogP contribution in [0.15, 0.2) is 46.9 Å². The largest absolute Gasteiger partial charge is 0.396 e. The Labute approximate surface area is 266 Å². The second-order valence-electron chi connectivity index (χ2n) is 10.6. The second kappa shape index (κ2) is 19.9. The van der Waals surface area contributed by atoms with Crippen LogP contribution >= 0.6 is 11.3 Å². The Morgan fingerprint density at radius 2 is 1.56 bits per heavy atom. The highest BCUT2D eigenvalue weighted by Gasteiger charge is 2.31. The van der Waals surface area contributed by atoms with Crippen molar-refractivity contribution >= 4 is 46.6 Å². The molecule has 0 bridgehead atoms. The summed E-state index contributed by atoms with van der Waals surface area (Å²) in [5, 5.41) is 19.7. The molecule has 0 aliphatic heterocycles. The fourth-order valence-electron chi connectivity index (χ4n) is 4.51. The normalized spacial score (nSPS) is 13.5. The maximum Gasteiger partial charge on any atom is 0.243 e. The minimum Gasteiger partial charge on any atom is -0.396 e. The summed E-state index contributed by atoms with van der Waals surface area (Å²) in [6.07, 6.45) is 3.30. The smallest absolute Gasteiger partial charge is 0.243 e. The molecule has 246 valence electrons. The Morgan fingerprint density at radius 3 is 2.16 bits per heavy atom. The van der Waals surface area contributed by atoms with Gasteiger partial charge in [-0.15, -0.1) is 11.3 Å². The van der Waals surface area contributed by atoms with Gasteiger partial charge < -0.3 is 43.1 Å². The molecule has 0 saturated heterocycles. The van der Waals surface area contributed by atoms with E-state index in [0.717, 1.165) is 16.9 Å².